The Bertz CT molecular complexity index is 1350. The third-order valence-corrected chi connectivity index (χ3v) is 5.90. The first-order valence-corrected chi connectivity index (χ1v) is 10.9. The lowest BCUT2D eigenvalue weighted by Crippen LogP contribution is -2.39. The topological polar surface area (TPSA) is 116 Å². The third kappa shape index (κ3) is 4.82. The molecule has 4 aromatic rings. The van der Waals surface area contributed by atoms with E-state index in [4.69, 9.17) is 20.9 Å². The van der Waals surface area contributed by atoms with Crippen LogP contribution in [0.25, 0.3) is 16.9 Å². The molecule has 2 aromatic carbocycles. The Morgan fingerprint density at radius 1 is 1.18 bits per heavy atom. The fourth-order valence-electron chi connectivity index (χ4n) is 3.00. The first kappa shape index (κ1) is 22.3. The van der Waals surface area contributed by atoms with Gasteiger partial charge in [-0.15, -0.1) is 0 Å². The summed E-state index contributed by atoms with van der Waals surface area (Å²) in [6, 6.07) is 19.2. The van der Waals surface area contributed by atoms with Gasteiger partial charge in [0, 0.05) is 22.7 Å². The Labute approximate surface area is 198 Å². The minimum atomic E-state index is -0.847. The summed E-state index contributed by atoms with van der Waals surface area (Å²) < 4.78 is 11.0. The number of carbonyl (C=O) groups is 1. The quantitative estimate of drug-likeness (QED) is 0.225. The molecule has 2 heterocycles. The molecule has 0 spiro atoms. The lowest BCUT2D eigenvalue weighted by Gasteiger charge is -2.06. The van der Waals surface area contributed by atoms with Gasteiger partial charge < -0.3 is 14.4 Å². The fraction of sp³-hybridized carbons (Fsp3) is 0.0870. The van der Waals surface area contributed by atoms with Gasteiger partial charge in [0.25, 0.3) is 0 Å². The summed E-state index contributed by atoms with van der Waals surface area (Å²) in [7, 11) is 1.53. The number of benzene rings is 2. The molecule has 0 aliphatic heterocycles. The van der Waals surface area contributed by atoms with Crippen LogP contribution in [0.3, 0.4) is 0 Å². The molecule has 0 N–H and O–H groups in total. The second-order valence-electron chi connectivity index (χ2n) is 6.70. The SMILES string of the molecule is COc1ccc(-[n+]2noc([O-])c2C(=O)CSc2nc(-c3ccc(Cl)cc3)ccc2C#N)cc1. The molecule has 0 saturated heterocycles. The average molecular weight is 479 g/mol. The van der Waals surface area contributed by atoms with Crippen LogP contribution >= 0.6 is 23.4 Å². The number of ketones is 1. The molecule has 0 atom stereocenters. The van der Waals surface area contributed by atoms with Gasteiger partial charge in [-0.25, -0.2) is 4.98 Å². The highest BCUT2D eigenvalue weighted by Crippen LogP contribution is 2.27. The van der Waals surface area contributed by atoms with Crippen LogP contribution in [-0.2, 0) is 0 Å². The van der Waals surface area contributed by atoms with Gasteiger partial charge in [0.05, 0.1) is 29.4 Å². The van der Waals surface area contributed by atoms with E-state index in [9.17, 15) is 15.2 Å². The van der Waals surface area contributed by atoms with E-state index in [0.29, 0.717) is 32.7 Å². The Morgan fingerprint density at radius 2 is 1.91 bits per heavy atom. The van der Waals surface area contributed by atoms with Crippen LogP contribution in [-0.4, -0.2) is 28.9 Å². The number of hydrogen-bond acceptors (Lipinski definition) is 8. The average Bonchev–Trinajstić information content (AvgIpc) is 3.24. The van der Waals surface area contributed by atoms with Gasteiger partial charge in [0.15, 0.2) is 5.95 Å². The highest BCUT2D eigenvalue weighted by Gasteiger charge is 2.28. The highest BCUT2D eigenvalue weighted by molar-refractivity contribution is 8.00. The van der Waals surface area contributed by atoms with E-state index in [1.807, 2.05) is 12.1 Å². The maximum atomic E-state index is 12.9. The third-order valence-electron chi connectivity index (χ3n) is 4.65. The number of halogens is 1. The van der Waals surface area contributed by atoms with E-state index >= 15 is 0 Å². The van der Waals surface area contributed by atoms with Crippen LogP contribution in [0.2, 0.25) is 5.02 Å². The van der Waals surface area contributed by atoms with Gasteiger partial charge in [0.1, 0.15) is 16.8 Å². The normalized spacial score (nSPS) is 10.6. The van der Waals surface area contributed by atoms with Crippen LogP contribution in [0.15, 0.2) is 70.2 Å². The number of nitrogens with zero attached hydrogens (tertiary/aromatic N) is 4. The lowest BCUT2D eigenvalue weighted by atomic mass is 10.1. The van der Waals surface area contributed by atoms with E-state index in [2.05, 4.69) is 16.3 Å². The van der Waals surface area contributed by atoms with E-state index in [-0.39, 0.29) is 11.4 Å². The zero-order valence-corrected chi connectivity index (χ0v) is 18.8. The van der Waals surface area contributed by atoms with Crippen molar-refractivity contribution in [2.24, 2.45) is 0 Å². The number of ether oxygens (including phenoxy) is 1. The molecular weight excluding hydrogens is 464 g/mol. The number of methoxy groups -OCH3 is 1. The fourth-order valence-corrected chi connectivity index (χ4v) is 3.96. The molecule has 0 bridgehead atoms. The molecule has 164 valence electrons. The molecule has 2 aromatic heterocycles. The van der Waals surface area contributed by atoms with Crippen molar-refractivity contribution in [3.63, 3.8) is 0 Å². The molecule has 0 saturated carbocycles. The second-order valence-corrected chi connectivity index (χ2v) is 8.10. The summed E-state index contributed by atoms with van der Waals surface area (Å²) in [5.74, 6) is -0.882. The van der Waals surface area contributed by atoms with Gasteiger partial charge >= 0.3 is 5.69 Å². The van der Waals surface area contributed by atoms with Crippen molar-refractivity contribution in [3.05, 3.63) is 76.9 Å². The van der Waals surface area contributed by atoms with Gasteiger partial charge in [-0.05, 0) is 41.1 Å². The molecule has 0 aliphatic rings. The highest BCUT2D eigenvalue weighted by atomic mass is 35.5. The van der Waals surface area contributed by atoms with Crippen molar-refractivity contribution >= 4 is 29.1 Å². The second kappa shape index (κ2) is 9.73. The van der Waals surface area contributed by atoms with Crippen LogP contribution in [0.1, 0.15) is 16.1 Å². The van der Waals surface area contributed by atoms with Crippen molar-refractivity contribution in [2.75, 3.05) is 12.9 Å². The number of pyridine rings is 1. The van der Waals surface area contributed by atoms with E-state index < -0.39 is 11.7 Å². The van der Waals surface area contributed by atoms with Gasteiger partial charge in [-0.1, -0.05) is 35.5 Å². The van der Waals surface area contributed by atoms with E-state index in [1.165, 1.54) is 7.11 Å². The van der Waals surface area contributed by atoms with Crippen LogP contribution in [0.5, 0.6) is 11.7 Å². The van der Waals surface area contributed by atoms with Crippen LogP contribution in [0, 0.1) is 11.3 Å². The van der Waals surface area contributed by atoms with E-state index in [1.54, 1.807) is 48.5 Å². The summed E-state index contributed by atoms with van der Waals surface area (Å²) in [6.45, 7) is 0. The van der Waals surface area contributed by atoms with Gasteiger partial charge in [-0.3, -0.25) is 4.79 Å². The molecule has 8 nitrogen and oxygen atoms in total. The summed E-state index contributed by atoms with van der Waals surface area (Å²) in [5.41, 5.74) is 2.01. The van der Waals surface area contributed by atoms with Crippen LogP contribution in [0.4, 0.5) is 0 Å². The summed E-state index contributed by atoms with van der Waals surface area (Å²) in [6.07, 6.45) is 0. The smallest absolute Gasteiger partial charge is 0.307 e. The van der Waals surface area contributed by atoms with Crippen LogP contribution < -0.4 is 14.5 Å². The molecule has 10 heteroatoms. The van der Waals surface area contributed by atoms with Gasteiger partial charge in [0.2, 0.25) is 11.5 Å². The van der Waals surface area contributed by atoms with Gasteiger partial charge in [-0.2, -0.15) is 5.26 Å². The Hall–Kier alpha value is -3.87. The predicted octanol–water partition coefficient (Wildman–Crippen LogP) is 3.60. The molecule has 0 unspecified atom stereocenters. The standard InChI is InChI=1S/C23H15ClN4O4S/c1-31-18-9-7-17(8-10-18)28-21(23(30)32-27-28)20(29)13-33-22-15(12-25)4-11-19(26-22)14-2-5-16(24)6-3-14/h2-11H,13H2,1H3. The first-order chi connectivity index (χ1) is 16.0. The number of carbonyl (C=O) groups excluding carboxylic acids is 1. The van der Waals surface area contributed by atoms with Crippen molar-refractivity contribution < 1.29 is 23.8 Å². The molecule has 0 aliphatic carbocycles. The molecule has 0 fully saturated rings. The lowest BCUT2D eigenvalue weighted by molar-refractivity contribution is -0.672. The Balaban J connectivity index is 1.58. The summed E-state index contributed by atoms with van der Waals surface area (Å²) in [5, 5.41) is 26.3. The minimum Gasteiger partial charge on any atom is -0.539 e. The Morgan fingerprint density at radius 3 is 2.58 bits per heavy atom. The number of aromatic nitrogens is 3. The van der Waals surface area contributed by atoms with E-state index in [0.717, 1.165) is 22.0 Å². The minimum absolute atomic E-state index is 0.141. The van der Waals surface area contributed by atoms with Crippen molar-refractivity contribution in [3.8, 4) is 34.7 Å². The molecule has 0 amide bonds. The number of thioether (sulfide) groups is 1. The predicted molar refractivity (Wildman–Crippen MR) is 118 cm³/mol. The molecule has 4 rings (SSSR count). The maximum Gasteiger partial charge on any atom is 0.307 e. The summed E-state index contributed by atoms with van der Waals surface area (Å²) >= 11 is 7.00. The van der Waals surface area contributed by atoms with Crippen molar-refractivity contribution in [1.29, 1.82) is 5.26 Å². The largest absolute Gasteiger partial charge is 0.539 e. The zero-order valence-electron chi connectivity index (χ0n) is 17.2. The van der Waals surface area contributed by atoms with Crippen molar-refractivity contribution in [2.45, 2.75) is 5.03 Å². The molecule has 33 heavy (non-hydrogen) atoms. The summed E-state index contributed by atoms with van der Waals surface area (Å²) in [4.78, 5) is 17.4. The monoisotopic (exact) mass is 478 g/mol. The molecular formula is C23H15ClN4O4S. The zero-order chi connectivity index (χ0) is 23.4. The first-order valence-electron chi connectivity index (χ1n) is 9.56. The molecule has 0 radical (unpaired) electrons. The number of Topliss-reactive ketones (excluding diaryl/α,β-unsaturated/α-hetero) is 1. The number of nitriles is 1. The van der Waals surface area contributed by atoms with Crippen molar-refractivity contribution in [1.82, 2.24) is 10.3 Å². The number of rotatable bonds is 7. The Kier molecular flexibility index (Phi) is 6.58. The number of hydrogen-bond donors (Lipinski definition) is 0. The maximum absolute atomic E-state index is 12.9.